The van der Waals surface area contributed by atoms with Gasteiger partial charge in [0.05, 0.1) is 34.9 Å². The number of nitrogens with one attached hydrogen (secondary N) is 1. The van der Waals surface area contributed by atoms with Gasteiger partial charge in [-0.25, -0.2) is 9.67 Å². The highest BCUT2D eigenvalue weighted by Crippen LogP contribution is 2.13. The largest absolute Gasteiger partial charge is 0.345 e. The van der Waals surface area contributed by atoms with Crippen molar-refractivity contribution in [2.24, 2.45) is 7.05 Å². The fourth-order valence-electron chi connectivity index (χ4n) is 2.83. The van der Waals surface area contributed by atoms with E-state index in [9.17, 15) is 9.59 Å². The van der Waals surface area contributed by atoms with E-state index in [1.165, 1.54) is 10.9 Å². The summed E-state index contributed by atoms with van der Waals surface area (Å²) in [5.74, 6) is -0.344. The number of nitrogens with zero attached hydrogens (tertiary/aromatic N) is 4. The van der Waals surface area contributed by atoms with Gasteiger partial charge in [0.25, 0.3) is 11.5 Å². The number of aromatic nitrogens is 4. The minimum absolute atomic E-state index is 0.170. The highest BCUT2D eigenvalue weighted by molar-refractivity contribution is 5.94. The second-order valence-corrected chi connectivity index (χ2v) is 5.85. The topological polar surface area (TPSA) is 89.8 Å². The van der Waals surface area contributed by atoms with Crippen molar-refractivity contribution in [1.82, 2.24) is 25.1 Å². The number of hydrogen-bond acceptors (Lipinski definition) is 5. The third-order valence-electron chi connectivity index (χ3n) is 4.13. The molecule has 1 amide bonds. The minimum atomic E-state index is -0.344. The van der Waals surface area contributed by atoms with Crippen LogP contribution in [0.25, 0.3) is 21.8 Å². The minimum Gasteiger partial charge on any atom is -0.345 e. The Labute approximate surface area is 148 Å². The molecule has 7 heteroatoms. The van der Waals surface area contributed by atoms with Crippen molar-refractivity contribution in [3.8, 4) is 0 Å². The molecule has 26 heavy (non-hydrogen) atoms. The van der Waals surface area contributed by atoms with E-state index in [2.05, 4.69) is 20.4 Å². The fourth-order valence-corrected chi connectivity index (χ4v) is 2.83. The van der Waals surface area contributed by atoms with Crippen LogP contribution in [-0.4, -0.2) is 25.7 Å². The summed E-state index contributed by atoms with van der Waals surface area (Å²) < 4.78 is 1.28. The van der Waals surface area contributed by atoms with E-state index >= 15 is 0 Å². The Hall–Kier alpha value is -3.61. The number of hydrogen-bond donors (Lipinski definition) is 1. The van der Waals surface area contributed by atoms with Crippen LogP contribution in [0.3, 0.4) is 0 Å². The van der Waals surface area contributed by atoms with Crippen LogP contribution in [0.5, 0.6) is 0 Å². The van der Waals surface area contributed by atoms with Crippen LogP contribution < -0.4 is 10.9 Å². The zero-order chi connectivity index (χ0) is 18.1. The lowest BCUT2D eigenvalue weighted by Crippen LogP contribution is -2.27. The molecule has 7 nitrogen and oxygen atoms in total. The SMILES string of the molecule is Cn1nc(CNC(=O)c2cnc3ccccc3n2)c2ccccc2c1=O. The molecule has 0 bridgehead atoms. The molecule has 1 N–H and O–H groups in total. The smallest absolute Gasteiger partial charge is 0.274 e. The average molecular weight is 345 g/mol. The van der Waals surface area contributed by atoms with Gasteiger partial charge in [0.15, 0.2) is 0 Å². The summed E-state index contributed by atoms with van der Waals surface area (Å²) in [4.78, 5) is 33.2. The maximum Gasteiger partial charge on any atom is 0.274 e. The molecule has 0 unspecified atom stereocenters. The van der Waals surface area contributed by atoms with Gasteiger partial charge >= 0.3 is 0 Å². The van der Waals surface area contributed by atoms with Gasteiger partial charge in [-0.05, 0) is 18.2 Å². The summed E-state index contributed by atoms with van der Waals surface area (Å²) >= 11 is 0. The second-order valence-electron chi connectivity index (χ2n) is 5.85. The van der Waals surface area contributed by atoms with Crippen molar-refractivity contribution >= 4 is 27.7 Å². The van der Waals surface area contributed by atoms with Crippen LogP contribution in [0, 0.1) is 0 Å². The number of rotatable bonds is 3. The fraction of sp³-hybridized carbons (Fsp3) is 0.105. The van der Waals surface area contributed by atoms with E-state index < -0.39 is 0 Å². The number of benzene rings is 2. The van der Waals surface area contributed by atoms with Gasteiger partial charge in [0.2, 0.25) is 0 Å². The third kappa shape index (κ3) is 2.79. The molecule has 0 atom stereocenters. The molecule has 0 aliphatic heterocycles. The Morgan fingerprint density at radius 1 is 1.04 bits per heavy atom. The predicted octanol–water partition coefficient (Wildman–Crippen LogP) is 1.81. The van der Waals surface area contributed by atoms with Crippen LogP contribution in [-0.2, 0) is 13.6 Å². The lowest BCUT2D eigenvalue weighted by atomic mass is 10.1. The molecule has 0 saturated heterocycles. The molecule has 0 aliphatic carbocycles. The van der Waals surface area contributed by atoms with E-state index in [4.69, 9.17) is 0 Å². The van der Waals surface area contributed by atoms with E-state index in [1.807, 2.05) is 30.3 Å². The number of amides is 1. The Bertz CT molecular complexity index is 1200. The number of aryl methyl sites for hydroxylation is 1. The molecule has 0 aliphatic rings. The zero-order valence-corrected chi connectivity index (χ0v) is 14.0. The first-order valence-electron chi connectivity index (χ1n) is 8.08. The Morgan fingerprint density at radius 2 is 1.73 bits per heavy atom. The zero-order valence-electron chi connectivity index (χ0n) is 14.0. The van der Waals surface area contributed by atoms with Crippen molar-refractivity contribution in [2.75, 3.05) is 0 Å². The molecule has 0 fully saturated rings. The predicted molar refractivity (Wildman–Crippen MR) is 97.7 cm³/mol. The van der Waals surface area contributed by atoms with Crippen molar-refractivity contribution in [2.45, 2.75) is 6.54 Å². The number of carbonyl (C=O) groups excluding carboxylic acids is 1. The van der Waals surface area contributed by atoms with Crippen LogP contribution in [0.15, 0.2) is 59.5 Å². The van der Waals surface area contributed by atoms with Crippen LogP contribution in [0.4, 0.5) is 0 Å². The van der Waals surface area contributed by atoms with Crippen molar-refractivity contribution in [3.05, 3.63) is 76.5 Å². The number of para-hydroxylation sites is 2. The monoisotopic (exact) mass is 345 g/mol. The van der Waals surface area contributed by atoms with Gasteiger partial charge in [-0.2, -0.15) is 5.10 Å². The maximum atomic E-state index is 12.4. The van der Waals surface area contributed by atoms with Crippen molar-refractivity contribution in [1.29, 1.82) is 0 Å². The maximum absolute atomic E-state index is 12.4. The van der Waals surface area contributed by atoms with Gasteiger partial charge in [-0.3, -0.25) is 14.6 Å². The van der Waals surface area contributed by atoms with Gasteiger partial charge in [0, 0.05) is 12.4 Å². The normalized spacial score (nSPS) is 11.0. The van der Waals surface area contributed by atoms with Gasteiger partial charge in [-0.15, -0.1) is 0 Å². The highest BCUT2D eigenvalue weighted by atomic mass is 16.2. The molecule has 2 aromatic heterocycles. The third-order valence-corrected chi connectivity index (χ3v) is 4.13. The molecular weight excluding hydrogens is 330 g/mol. The van der Waals surface area contributed by atoms with Gasteiger partial charge in [-0.1, -0.05) is 30.3 Å². The molecule has 2 aromatic carbocycles. The molecule has 0 spiro atoms. The van der Waals surface area contributed by atoms with E-state index in [0.29, 0.717) is 16.6 Å². The lowest BCUT2D eigenvalue weighted by molar-refractivity contribution is 0.0945. The van der Waals surface area contributed by atoms with Gasteiger partial charge < -0.3 is 5.32 Å². The standard InChI is InChI=1S/C19H15N5O2/c1-24-19(26)13-7-3-2-6-12(13)16(23-24)10-21-18(25)17-11-20-14-8-4-5-9-15(14)22-17/h2-9,11H,10H2,1H3,(H,21,25). The average Bonchev–Trinajstić information content (AvgIpc) is 2.69. The molecule has 2 heterocycles. The summed E-state index contributed by atoms with van der Waals surface area (Å²) in [7, 11) is 1.59. The highest BCUT2D eigenvalue weighted by Gasteiger charge is 2.12. The summed E-state index contributed by atoms with van der Waals surface area (Å²) in [5.41, 5.74) is 2.07. The summed E-state index contributed by atoms with van der Waals surface area (Å²) in [6.07, 6.45) is 1.45. The Balaban J connectivity index is 1.62. The van der Waals surface area contributed by atoms with Crippen molar-refractivity contribution in [3.63, 3.8) is 0 Å². The molecule has 4 aromatic rings. The first-order valence-corrected chi connectivity index (χ1v) is 8.08. The lowest BCUT2D eigenvalue weighted by Gasteiger charge is -2.09. The van der Waals surface area contributed by atoms with E-state index in [-0.39, 0.29) is 23.7 Å². The van der Waals surface area contributed by atoms with E-state index in [1.54, 1.807) is 25.2 Å². The van der Waals surface area contributed by atoms with Crippen LogP contribution >= 0.6 is 0 Å². The molecule has 128 valence electrons. The first-order chi connectivity index (χ1) is 12.6. The van der Waals surface area contributed by atoms with Gasteiger partial charge in [0.1, 0.15) is 5.69 Å². The Kier molecular flexibility index (Phi) is 3.89. The molecular formula is C19H15N5O2. The first kappa shape index (κ1) is 15.9. The quantitative estimate of drug-likeness (QED) is 0.611. The summed E-state index contributed by atoms with van der Waals surface area (Å²) in [6.45, 7) is 0.183. The number of carbonyl (C=O) groups is 1. The summed E-state index contributed by atoms with van der Waals surface area (Å²) in [5, 5.41) is 8.36. The second kappa shape index (κ2) is 6.36. The van der Waals surface area contributed by atoms with Crippen LogP contribution in [0.2, 0.25) is 0 Å². The van der Waals surface area contributed by atoms with E-state index in [0.717, 1.165) is 10.9 Å². The molecule has 4 rings (SSSR count). The number of fused-ring (bicyclic) bond motifs is 2. The van der Waals surface area contributed by atoms with Crippen molar-refractivity contribution < 1.29 is 4.79 Å². The summed E-state index contributed by atoms with van der Waals surface area (Å²) in [6, 6.07) is 14.6. The Morgan fingerprint density at radius 3 is 2.54 bits per heavy atom. The van der Waals surface area contributed by atoms with Crippen LogP contribution in [0.1, 0.15) is 16.2 Å². The molecule has 0 radical (unpaired) electrons. The molecule has 0 saturated carbocycles.